The van der Waals surface area contributed by atoms with Crippen LogP contribution in [0.3, 0.4) is 0 Å². The maximum atomic E-state index is 5.82. The molecule has 82 valence electrons. The van der Waals surface area contributed by atoms with Gasteiger partial charge in [-0.2, -0.15) is 11.8 Å². The molecule has 0 aromatic carbocycles. The fourth-order valence-electron chi connectivity index (χ4n) is 2.30. The van der Waals surface area contributed by atoms with Gasteiger partial charge in [-0.05, 0) is 48.6 Å². The van der Waals surface area contributed by atoms with Crippen LogP contribution in [-0.2, 0) is 0 Å². The van der Waals surface area contributed by atoms with E-state index in [1.165, 1.54) is 30.9 Å². The third kappa shape index (κ3) is 2.65. The number of nitrogens with two attached hydrogens (primary N) is 1. The molecule has 0 radical (unpaired) electrons. The minimum atomic E-state index is 0.581. The normalized spacial score (nSPS) is 38.6. The molecule has 4 atom stereocenters. The summed E-state index contributed by atoms with van der Waals surface area (Å²) in [6.07, 6.45) is 2.78. The molecule has 0 spiro atoms. The molecule has 0 bridgehead atoms. The quantitative estimate of drug-likeness (QED) is 0.725. The highest BCUT2D eigenvalue weighted by Gasteiger charge is 2.33. The van der Waals surface area contributed by atoms with Gasteiger partial charge in [-0.3, -0.25) is 0 Å². The number of rotatable bonds is 5. The van der Waals surface area contributed by atoms with Gasteiger partial charge in [-0.15, -0.1) is 0 Å². The maximum absolute atomic E-state index is 5.82. The van der Waals surface area contributed by atoms with Crippen LogP contribution in [0, 0.1) is 17.8 Å². The third-order valence-corrected chi connectivity index (χ3v) is 4.89. The van der Waals surface area contributed by atoms with E-state index in [1.54, 1.807) is 0 Å². The Balaban J connectivity index is 1.69. The van der Waals surface area contributed by atoms with Crippen LogP contribution in [0.15, 0.2) is 0 Å². The zero-order valence-electron chi connectivity index (χ0n) is 9.04. The summed E-state index contributed by atoms with van der Waals surface area (Å²) in [5, 5.41) is 3.67. The van der Waals surface area contributed by atoms with E-state index in [-0.39, 0.29) is 0 Å². The third-order valence-electron chi connectivity index (χ3n) is 3.71. The summed E-state index contributed by atoms with van der Waals surface area (Å²) in [6.45, 7) is 4.35. The first kappa shape index (κ1) is 10.8. The number of hydrogen-bond donors (Lipinski definition) is 2. The van der Waals surface area contributed by atoms with Gasteiger partial charge in [0.1, 0.15) is 0 Å². The van der Waals surface area contributed by atoms with E-state index in [0.29, 0.717) is 6.04 Å². The Morgan fingerprint density at radius 1 is 1.57 bits per heavy atom. The zero-order valence-corrected chi connectivity index (χ0v) is 9.85. The molecule has 0 aromatic heterocycles. The van der Waals surface area contributed by atoms with Crippen LogP contribution in [0.25, 0.3) is 0 Å². The number of hydrogen-bond acceptors (Lipinski definition) is 3. The average molecular weight is 214 g/mol. The van der Waals surface area contributed by atoms with Gasteiger partial charge in [0.15, 0.2) is 0 Å². The number of nitrogens with one attached hydrogen (secondary N) is 1. The van der Waals surface area contributed by atoms with Crippen molar-refractivity contribution in [3.63, 3.8) is 0 Å². The lowest BCUT2D eigenvalue weighted by atomic mass is 9.99. The van der Waals surface area contributed by atoms with Gasteiger partial charge >= 0.3 is 0 Å². The summed E-state index contributed by atoms with van der Waals surface area (Å²) < 4.78 is 0. The molecule has 3 N–H and O–H groups in total. The number of thioether (sulfide) groups is 1. The Hall–Kier alpha value is 0.270. The Labute approximate surface area is 91.4 Å². The van der Waals surface area contributed by atoms with Crippen molar-refractivity contribution < 1.29 is 0 Å². The van der Waals surface area contributed by atoms with E-state index in [2.05, 4.69) is 24.0 Å². The highest BCUT2D eigenvalue weighted by Crippen LogP contribution is 2.37. The molecule has 1 saturated carbocycles. The molecule has 1 saturated heterocycles. The van der Waals surface area contributed by atoms with Gasteiger partial charge in [-0.25, -0.2) is 0 Å². The Bertz CT molecular complexity index is 180. The summed E-state index contributed by atoms with van der Waals surface area (Å²) in [5.74, 6) is 5.38. The highest BCUT2D eigenvalue weighted by molar-refractivity contribution is 7.99. The van der Waals surface area contributed by atoms with Crippen molar-refractivity contribution in [2.24, 2.45) is 23.5 Å². The standard InChI is InChI=1S/C11H22N2S/c1-8-4-10(8)6-13-11(5-12)9-2-3-14-7-9/h8-11,13H,2-7,12H2,1H3. The molecule has 2 fully saturated rings. The van der Waals surface area contributed by atoms with Crippen LogP contribution in [0.1, 0.15) is 19.8 Å². The van der Waals surface area contributed by atoms with Crippen molar-refractivity contribution in [3.05, 3.63) is 0 Å². The molecule has 3 heteroatoms. The Kier molecular flexibility index (Phi) is 3.74. The van der Waals surface area contributed by atoms with E-state index < -0.39 is 0 Å². The van der Waals surface area contributed by atoms with Crippen LogP contribution < -0.4 is 11.1 Å². The first-order valence-electron chi connectivity index (χ1n) is 5.82. The second kappa shape index (κ2) is 4.86. The molecule has 1 aliphatic heterocycles. The van der Waals surface area contributed by atoms with Crippen LogP contribution in [0.4, 0.5) is 0 Å². The van der Waals surface area contributed by atoms with Crippen LogP contribution in [0.2, 0.25) is 0 Å². The van der Waals surface area contributed by atoms with Gasteiger partial charge < -0.3 is 11.1 Å². The molecule has 4 unspecified atom stereocenters. The second-order valence-electron chi connectivity index (χ2n) is 4.85. The molecule has 1 aliphatic carbocycles. The van der Waals surface area contributed by atoms with Gasteiger partial charge in [-0.1, -0.05) is 6.92 Å². The van der Waals surface area contributed by atoms with Gasteiger partial charge in [0.25, 0.3) is 0 Å². The first-order chi connectivity index (χ1) is 6.81. The van der Waals surface area contributed by atoms with Crippen LogP contribution >= 0.6 is 11.8 Å². The molecular formula is C11H22N2S. The smallest absolute Gasteiger partial charge is 0.0226 e. The predicted molar refractivity (Wildman–Crippen MR) is 63.5 cm³/mol. The lowest BCUT2D eigenvalue weighted by Crippen LogP contribution is -2.43. The minimum absolute atomic E-state index is 0.581. The van der Waals surface area contributed by atoms with E-state index in [9.17, 15) is 0 Å². The molecule has 2 rings (SSSR count). The van der Waals surface area contributed by atoms with E-state index in [4.69, 9.17) is 5.73 Å². The topological polar surface area (TPSA) is 38.0 Å². The summed E-state index contributed by atoms with van der Waals surface area (Å²) in [4.78, 5) is 0. The lowest BCUT2D eigenvalue weighted by molar-refractivity contribution is 0.380. The van der Waals surface area contributed by atoms with Crippen LogP contribution in [-0.4, -0.2) is 30.6 Å². The SMILES string of the molecule is CC1CC1CNC(CN)C1CCSC1. The van der Waals surface area contributed by atoms with Crippen molar-refractivity contribution in [1.29, 1.82) is 0 Å². The first-order valence-corrected chi connectivity index (χ1v) is 6.98. The van der Waals surface area contributed by atoms with Crippen LogP contribution in [0.5, 0.6) is 0 Å². The molecule has 2 nitrogen and oxygen atoms in total. The van der Waals surface area contributed by atoms with E-state index in [0.717, 1.165) is 24.3 Å². The lowest BCUT2D eigenvalue weighted by Gasteiger charge is -2.22. The summed E-state index contributed by atoms with van der Waals surface area (Å²) >= 11 is 2.08. The second-order valence-corrected chi connectivity index (χ2v) is 6.00. The van der Waals surface area contributed by atoms with E-state index in [1.807, 2.05) is 0 Å². The van der Waals surface area contributed by atoms with Gasteiger partial charge in [0.05, 0.1) is 0 Å². The monoisotopic (exact) mass is 214 g/mol. The molecule has 14 heavy (non-hydrogen) atoms. The highest BCUT2D eigenvalue weighted by atomic mass is 32.2. The van der Waals surface area contributed by atoms with Gasteiger partial charge in [0.2, 0.25) is 0 Å². The van der Waals surface area contributed by atoms with Crippen molar-refractivity contribution in [2.75, 3.05) is 24.6 Å². The summed E-state index contributed by atoms with van der Waals surface area (Å²) in [6, 6.07) is 0.581. The molecule has 1 heterocycles. The van der Waals surface area contributed by atoms with Crippen molar-refractivity contribution in [3.8, 4) is 0 Å². The molecule has 2 aliphatic rings. The summed E-state index contributed by atoms with van der Waals surface area (Å²) in [5.41, 5.74) is 5.82. The fourth-order valence-corrected chi connectivity index (χ4v) is 3.64. The largest absolute Gasteiger partial charge is 0.329 e. The molecular weight excluding hydrogens is 192 g/mol. The fraction of sp³-hybridized carbons (Fsp3) is 1.00. The molecule has 0 amide bonds. The van der Waals surface area contributed by atoms with Crippen molar-refractivity contribution >= 4 is 11.8 Å². The van der Waals surface area contributed by atoms with Gasteiger partial charge in [0, 0.05) is 12.6 Å². The summed E-state index contributed by atoms with van der Waals surface area (Å²) in [7, 11) is 0. The predicted octanol–water partition coefficient (Wildman–Crippen LogP) is 1.31. The van der Waals surface area contributed by atoms with Crippen molar-refractivity contribution in [2.45, 2.75) is 25.8 Å². The van der Waals surface area contributed by atoms with Crippen molar-refractivity contribution in [1.82, 2.24) is 5.32 Å². The molecule has 0 aromatic rings. The Morgan fingerprint density at radius 2 is 2.36 bits per heavy atom. The maximum Gasteiger partial charge on any atom is 0.0226 e. The zero-order chi connectivity index (χ0) is 9.97. The Morgan fingerprint density at radius 3 is 2.86 bits per heavy atom. The average Bonchev–Trinajstić information content (AvgIpc) is 2.70. The minimum Gasteiger partial charge on any atom is -0.329 e. The van der Waals surface area contributed by atoms with E-state index >= 15 is 0 Å².